The molecule has 1 heterocycles. The first kappa shape index (κ1) is 18.3. The third-order valence-corrected chi connectivity index (χ3v) is 3.78. The molecule has 0 aromatic heterocycles. The lowest BCUT2D eigenvalue weighted by Crippen LogP contribution is -2.29. The highest BCUT2D eigenvalue weighted by Crippen LogP contribution is 2.40. The van der Waals surface area contributed by atoms with E-state index in [-0.39, 0.29) is 24.5 Å². The average Bonchev–Trinajstić information content (AvgIpc) is 3.45. The van der Waals surface area contributed by atoms with Gasteiger partial charge < -0.3 is 14.2 Å². The summed E-state index contributed by atoms with van der Waals surface area (Å²) in [5, 5.41) is 0. The molecule has 3 rings (SSSR count). The second kappa shape index (κ2) is 7.78. The van der Waals surface area contributed by atoms with Crippen LogP contribution in [0, 0.1) is 0 Å². The van der Waals surface area contributed by atoms with E-state index in [2.05, 4.69) is 4.99 Å². The Morgan fingerprint density at radius 3 is 2.38 bits per heavy atom. The maximum atomic E-state index is 13.3. The first-order valence-corrected chi connectivity index (χ1v) is 8.05. The fraction of sp³-hybridized carbons (Fsp3) is 0.316. The molecule has 1 aliphatic heterocycles. The van der Waals surface area contributed by atoms with E-state index in [1.807, 2.05) is 18.2 Å². The van der Waals surface area contributed by atoms with Crippen LogP contribution in [0.3, 0.4) is 0 Å². The Morgan fingerprint density at radius 2 is 1.77 bits per heavy atom. The van der Waals surface area contributed by atoms with Gasteiger partial charge in [0.1, 0.15) is 24.1 Å². The number of hydrogen-bond donors (Lipinski definition) is 0. The summed E-state index contributed by atoms with van der Waals surface area (Å²) in [5.74, 6) is 0.759. The summed E-state index contributed by atoms with van der Waals surface area (Å²) < 4.78 is 56.3. The normalized spacial score (nSPS) is 17.0. The molecule has 0 bridgehead atoms. The van der Waals surface area contributed by atoms with E-state index in [1.54, 1.807) is 12.1 Å². The molecule has 0 spiro atoms. The van der Waals surface area contributed by atoms with Crippen LogP contribution in [0.1, 0.15) is 17.2 Å². The highest BCUT2D eigenvalue weighted by Gasteiger charge is 2.37. The lowest BCUT2D eigenvalue weighted by atomic mass is 10.0. The molecule has 2 atom stereocenters. The number of methoxy groups -OCH3 is 1. The van der Waals surface area contributed by atoms with Crippen molar-refractivity contribution in [3.8, 4) is 11.5 Å². The predicted molar refractivity (Wildman–Crippen MR) is 90.9 cm³/mol. The number of rotatable bonds is 8. The molecule has 0 saturated carbocycles. The van der Waals surface area contributed by atoms with Gasteiger partial charge in [-0.15, -0.1) is 0 Å². The molecule has 2 aromatic rings. The number of aliphatic imine (C=N–C) groups is 1. The lowest BCUT2D eigenvalue weighted by Gasteiger charge is -2.20. The topological polar surface area (TPSA) is 40.0 Å². The molecule has 138 valence electrons. The van der Waals surface area contributed by atoms with Crippen LogP contribution in [0.5, 0.6) is 11.5 Å². The van der Waals surface area contributed by atoms with Crippen LogP contribution in [0.25, 0.3) is 0 Å². The van der Waals surface area contributed by atoms with Gasteiger partial charge in [0.25, 0.3) is 0 Å². The number of alkyl halides is 3. The molecule has 0 amide bonds. The number of halogens is 3. The largest absolute Gasteiger partial charge is 0.490 e. The van der Waals surface area contributed by atoms with Gasteiger partial charge in [0.15, 0.2) is 6.10 Å². The highest BCUT2D eigenvalue weighted by atomic mass is 19.4. The molecule has 0 radical (unpaired) electrons. The van der Waals surface area contributed by atoms with E-state index in [4.69, 9.17) is 14.2 Å². The third kappa shape index (κ3) is 4.76. The Morgan fingerprint density at radius 1 is 1.04 bits per heavy atom. The number of hydrogen-bond acceptors (Lipinski definition) is 4. The smallest absolute Gasteiger partial charge is 0.416 e. The van der Waals surface area contributed by atoms with Crippen molar-refractivity contribution in [1.29, 1.82) is 0 Å². The zero-order valence-corrected chi connectivity index (χ0v) is 14.1. The molecular formula is C19H18F3NO3. The van der Waals surface area contributed by atoms with E-state index in [0.717, 1.165) is 6.07 Å². The predicted octanol–water partition coefficient (Wildman–Crippen LogP) is 4.30. The second-order valence-electron chi connectivity index (χ2n) is 5.81. The number of benzene rings is 2. The maximum absolute atomic E-state index is 13.3. The van der Waals surface area contributed by atoms with Gasteiger partial charge in [-0.1, -0.05) is 24.3 Å². The van der Waals surface area contributed by atoms with E-state index >= 15 is 0 Å². The van der Waals surface area contributed by atoms with E-state index in [1.165, 1.54) is 25.5 Å². The molecule has 0 aliphatic carbocycles. The van der Waals surface area contributed by atoms with Crippen molar-refractivity contribution in [2.45, 2.75) is 18.3 Å². The molecule has 4 nitrogen and oxygen atoms in total. The van der Waals surface area contributed by atoms with Crippen molar-refractivity contribution in [1.82, 2.24) is 0 Å². The van der Waals surface area contributed by atoms with Crippen LogP contribution in [0.15, 0.2) is 53.5 Å². The van der Waals surface area contributed by atoms with Crippen molar-refractivity contribution in [3.63, 3.8) is 0 Å². The Kier molecular flexibility index (Phi) is 5.46. The molecule has 2 aromatic carbocycles. The second-order valence-corrected chi connectivity index (χ2v) is 5.81. The zero-order valence-electron chi connectivity index (χ0n) is 14.1. The van der Waals surface area contributed by atoms with Gasteiger partial charge in [-0.2, -0.15) is 13.2 Å². The molecular weight excluding hydrogens is 347 g/mol. The fourth-order valence-corrected chi connectivity index (χ4v) is 2.52. The summed E-state index contributed by atoms with van der Waals surface area (Å²) in [4.78, 5) is 3.82. The molecule has 7 heteroatoms. The maximum Gasteiger partial charge on any atom is 0.416 e. The van der Waals surface area contributed by atoms with Gasteiger partial charge in [0, 0.05) is 13.3 Å². The van der Waals surface area contributed by atoms with Gasteiger partial charge in [-0.05, 0) is 29.8 Å². The van der Waals surface area contributed by atoms with Crippen molar-refractivity contribution in [2.24, 2.45) is 4.99 Å². The van der Waals surface area contributed by atoms with Crippen LogP contribution in [0.2, 0.25) is 0 Å². The van der Waals surface area contributed by atoms with Crippen LogP contribution in [-0.4, -0.2) is 32.6 Å². The molecule has 1 aliphatic rings. The van der Waals surface area contributed by atoms with Crippen molar-refractivity contribution in [2.75, 3.05) is 20.3 Å². The average molecular weight is 365 g/mol. The van der Waals surface area contributed by atoms with Gasteiger partial charge >= 0.3 is 6.18 Å². The first-order chi connectivity index (χ1) is 12.5. The minimum atomic E-state index is -4.47. The molecule has 26 heavy (non-hydrogen) atoms. The fourth-order valence-electron chi connectivity index (χ4n) is 2.52. The summed E-state index contributed by atoms with van der Waals surface area (Å²) in [6, 6.07) is 12.5. The first-order valence-electron chi connectivity index (χ1n) is 8.05. The number of nitrogens with zero attached hydrogens (tertiary/aromatic N) is 1. The van der Waals surface area contributed by atoms with Crippen molar-refractivity contribution < 1.29 is 27.4 Å². The summed E-state index contributed by atoms with van der Waals surface area (Å²) >= 11 is 0. The molecule has 1 unspecified atom stereocenters. The zero-order chi connectivity index (χ0) is 18.6. The number of para-hydroxylation sites is 1. The Bertz CT molecular complexity index is 756. The highest BCUT2D eigenvalue weighted by molar-refractivity contribution is 5.80. The van der Waals surface area contributed by atoms with Gasteiger partial charge in [0.2, 0.25) is 0 Å². The van der Waals surface area contributed by atoms with Crippen molar-refractivity contribution in [3.05, 3.63) is 59.7 Å². The molecule has 0 saturated heterocycles. The standard InChI is InChI=1S/C19H18F3NO3/c1-24-11-15(12-25-13-5-3-2-4-6-13)26-14-7-8-16(18-10-23-18)17(9-14)19(20,21)22/h2-10,15,18H,11-12H2,1H3/t15-,18?/m0/s1. The lowest BCUT2D eigenvalue weighted by molar-refractivity contribution is -0.138. The van der Waals surface area contributed by atoms with E-state index < -0.39 is 23.9 Å². The monoisotopic (exact) mass is 365 g/mol. The summed E-state index contributed by atoms with van der Waals surface area (Å²) in [6.45, 7) is 0.328. The van der Waals surface area contributed by atoms with Crippen LogP contribution in [-0.2, 0) is 10.9 Å². The number of ether oxygens (including phenoxy) is 3. The van der Waals surface area contributed by atoms with Crippen molar-refractivity contribution >= 4 is 6.21 Å². The summed E-state index contributed by atoms with van der Waals surface area (Å²) in [6.07, 6.45) is -3.55. The van der Waals surface area contributed by atoms with Crippen LogP contribution in [0.4, 0.5) is 13.2 Å². The Labute approximate surface area is 149 Å². The summed E-state index contributed by atoms with van der Waals surface area (Å²) in [7, 11) is 1.49. The SMILES string of the molecule is COC[C@@H](COc1ccccc1)Oc1ccc(C2C=N2)c(C(F)(F)F)c1. The van der Waals surface area contributed by atoms with Gasteiger partial charge in [0.05, 0.1) is 12.2 Å². The minimum Gasteiger partial charge on any atom is -0.490 e. The Hall–Kier alpha value is -2.54. The third-order valence-electron chi connectivity index (χ3n) is 3.78. The van der Waals surface area contributed by atoms with Gasteiger partial charge in [-0.3, -0.25) is 4.99 Å². The molecule has 0 fully saturated rings. The van der Waals surface area contributed by atoms with Gasteiger partial charge in [-0.25, -0.2) is 0 Å². The minimum absolute atomic E-state index is 0.112. The quantitative estimate of drug-likeness (QED) is 0.700. The van der Waals surface area contributed by atoms with Crippen LogP contribution < -0.4 is 9.47 Å². The van der Waals surface area contributed by atoms with Crippen LogP contribution >= 0.6 is 0 Å². The molecule has 0 N–H and O–H groups in total. The van der Waals surface area contributed by atoms with E-state index in [0.29, 0.717) is 5.75 Å². The Balaban J connectivity index is 1.72. The summed E-state index contributed by atoms with van der Waals surface area (Å²) in [5.41, 5.74) is -0.605. The van der Waals surface area contributed by atoms with E-state index in [9.17, 15) is 13.2 Å².